The van der Waals surface area contributed by atoms with Crippen molar-refractivity contribution < 1.29 is 23.8 Å². The number of hydrogen-bond acceptors (Lipinski definition) is 5. The third-order valence-corrected chi connectivity index (χ3v) is 2.19. The van der Waals surface area contributed by atoms with Gasteiger partial charge in [0.05, 0.1) is 6.61 Å². The highest BCUT2D eigenvalue weighted by Gasteiger charge is 2.35. The highest BCUT2D eigenvalue weighted by Crippen LogP contribution is 2.15. The Morgan fingerprint density at radius 2 is 1.59 bits per heavy atom. The molecule has 0 rings (SSSR count). The molecule has 0 bridgehead atoms. The molecule has 0 saturated heterocycles. The Bertz CT molecular complexity index is 279. The first-order valence-corrected chi connectivity index (χ1v) is 5.44. The Balaban J connectivity index is 4.47. The topological polar surface area (TPSA) is 61.8 Å². The summed E-state index contributed by atoms with van der Waals surface area (Å²) in [7, 11) is 2.88. The maximum Gasteiger partial charge on any atom is 0.313 e. The standard InChI is InChI=1S/C12H22O5/c1-11(2,3)17-10(14)7-9(13)12(4,16-6)8-15-5/h7-8H2,1-6H3/t12-/m0/s1. The fourth-order valence-electron chi connectivity index (χ4n) is 1.22. The zero-order chi connectivity index (χ0) is 13.7. The summed E-state index contributed by atoms with van der Waals surface area (Å²) in [5.74, 6) is -0.905. The van der Waals surface area contributed by atoms with Gasteiger partial charge in [-0.15, -0.1) is 0 Å². The van der Waals surface area contributed by atoms with Gasteiger partial charge in [0.25, 0.3) is 0 Å². The first kappa shape index (κ1) is 16.1. The zero-order valence-electron chi connectivity index (χ0n) is 11.5. The Kier molecular flexibility index (Phi) is 5.78. The van der Waals surface area contributed by atoms with Gasteiger partial charge in [0.15, 0.2) is 5.78 Å². The summed E-state index contributed by atoms with van der Waals surface area (Å²) in [5.41, 5.74) is -1.70. The first-order chi connectivity index (χ1) is 7.64. The molecule has 0 fully saturated rings. The largest absolute Gasteiger partial charge is 0.460 e. The molecule has 5 heteroatoms. The van der Waals surface area contributed by atoms with Crippen molar-refractivity contribution in [2.75, 3.05) is 20.8 Å². The van der Waals surface area contributed by atoms with Gasteiger partial charge in [-0.1, -0.05) is 0 Å². The van der Waals surface area contributed by atoms with E-state index in [2.05, 4.69) is 0 Å². The van der Waals surface area contributed by atoms with E-state index >= 15 is 0 Å². The van der Waals surface area contributed by atoms with Crippen molar-refractivity contribution >= 4 is 11.8 Å². The van der Waals surface area contributed by atoms with Crippen molar-refractivity contribution in [3.05, 3.63) is 0 Å². The maximum atomic E-state index is 11.9. The highest BCUT2D eigenvalue weighted by molar-refractivity contribution is 6.00. The van der Waals surface area contributed by atoms with E-state index in [1.54, 1.807) is 27.7 Å². The van der Waals surface area contributed by atoms with Crippen LogP contribution in [0.4, 0.5) is 0 Å². The molecule has 0 N–H and O–H groups in total. The smallest absolute Gasteiger partial charge is 0.313 e. The summed E-state index contributed by atoms with van der Waals surface area (Å²) in [4.78, 5) is 23.4. The van der Waals surface area contributed by atoms with Crippen LogP contribution in [0, 0.1) is 0 Å². The van der Waals surface area contributed by atoms with Crippen molar-refractivity contribution in [2.45, 2.75) is 45.3 Å². The molecule has 0 amide bonds. The van der Waals surface area contributed by atoms with Gasteiger partial charge in [-0.3, -0.25) is 9.59 Å². The lowest BCUT2D eigenvalue weighted by Crippen LogP contribution is -2.43. The Morgan fingerprint density at radius 3 is 1.94 bits per heavy atom. The molecule has 1 atom stereocenters. The summed E-state index contributed by atoms with van der Waals surface area (Å²) in [6.45, 7) is 6.94. The summed E-state index contributed by atoms with van der Waals surface area (Å²) < 4.78 is 15.1. The van der Waals surface area contributed by atoms with Crippen LogP contribution in [0.25, 0.3) is 0 Å². The number of rotatable bonds is 6. The van der Waals surface area contributed by atoms with Crippen molar-refractivity contribution in [3.8, 4) is 0 Å². The molecule has 0 aliphatic rings. The van der Waals surface area contributed by atoms with Crippen LogP contribution in [-0.2, 0) is 23.8 Å². The molecule has 0 unspecified atom stereocenters. The quantitative estimate of drug-likeness (QED) is 0.523. The fraction of sp³-hybridized carbons (Fsp3) is 0.833. The molecule has 0 radical (unpaired) electrons. The second-order valence-electron chi connectivity index (χ2n) is 5.05. The molecule has 0 aliphatic carbocycles. The molecule has 0 saturated carbocycles. The van der Waals surface area contributed by atoms with Gasteiger partial charge in [0, 0.05) is 14.2 Å². The molecule has 0 aromatic rings. The third kappa shape index (κ3) is 5.79. The Hall–Kier alpha value is -0.940. The molecule has 0 spiro atoms. The van der Waals surface area contributed by atoms with E-state index < -0.39 is 17.2 Å². The summed E-state index contributed by atoms with van der Waals surface area (Å²) in [6, 6.07) is 0. The monoisotopic (exact) mass is 246 g/mol. The van der Waals surface area contributed by atoms with E-state index in [1.165, 1.54) is 14.2 Å². The summed E-state index contributed by atoms with van der Waals surface area (Å²) in [5, 5.41) is 0. The van der Waals surface area contributed by atoms with Gasteiger partial charge in [-0.2, -0.15) is 0 Å². The van der Waals surface area contributed by atoms with Crippen LogP contribution in [-0.4, -0.2) is 43.8 Å². The van der Waals surface area contributed by atoms with Crippen molar-refractivity contribution in [1.82, 2.24) is 0 Å². The molecule has 17 heavy (non-hydrogen) atoms. The predicted molar refractivity (Wildman–Crippen MR) is 62.8 cm³/mol. The number of carbonyl (C=O) groups is 2. The van der Waals surface area contributed by atoms with Gasteiger partial charge in [0.2, 0.25) is 0 Å². The number of hydrogen-bond donors (Lipinski definition) is 0. The van der Waals surface area contributed by atoms with Crippen molar-refractivity contribution in [2.24, 2.45) is 0 Å². The number of ketones is 1. The molecule has 5 nitrogen and oxygen atoms in total. The molecular formula is C12H22O5. The van der Waals surface area contributed by atoms with Gasteiger partial charge in [-0.05, 0) is 27.7 Å². The average molecular weight is 246 g/mol. The molecule has 0 aromatic heterocycles. The summed E-state index contributed by atoms with van der Waals surface area (Å²) in [6.07, 6.45) is -0.315. The van der Waals surface area contributed by atoms with E-state index in [4.69, 9.17) is 14.2 Å². The van der Waals surface area contributed by atoms with Crippen molar-refractivity contribution in [1.29, 1.82) is 0 Å². The van der Waals surface area contributed by atoms with Crippen molar-refractivity contribution in [3.63, 3.8) is 0 Å². The molecule has 100 valence electrons. The first-order valence-electron chi connectivity index (χ1n) is 5.44. The van der Waals surface area contributed by atoms with Crippen LogP contribution in [0.3, 0.4) is 0 Å². The highest BCUT2D eigenvalue weighted by atomic mass is 16.6. The Labute approximate surface area is 102 Å². The lowest BCUT2D eigenvalue weighted by atomic mass is 9.99. The van der Waals surface area contributed by atoms with Crippen LogP contribution < -0.4 is 0 Å². The van der Waals surface area contributed by atoms with Crippen LogP contribution in [0.15, 0.2) is 0 Å². The lowest BCUT2D eigenvalue weighted by Gasteiger charge is -2.26. The van der Waals surface area contributed by atoms with E-state index in [1.807, 2.05) is 0 Å². The van der Waals surface area contributed by atoms with Gasteiger partial charge < -0.3 is 14.2 Å². The fourth-order valence-corrected chi connectivity index (χ4v) is 1.22. The van der Waals surface area contributed by atoms with Crippen LogP contribution in [0.1, 0.15) is 34.1 Å². The molecule has 0 aromatic carbocycles. The van der Waals surface area contributed by atoms with E-state index in [0.29, 0.717) is 0 Å². The van der Waals surface area contributed by atoms with Gasteiger partial charge >= 0.3 is 5.97 Å². The molecule has 0 aliphatic heterocycles. The van der Waals surface area contributed by atoms with Crippen LogP contribution >= 0.6 is 0 Å². The second kappa shape index (κ2) is 6.12. The normalized spacial score (nSPS) is 15.2. The van der Waals surface area contributed by atoms with E-state index in [-0.39, 0.29) is 18.8 Å². The number of Topliss-reactive ketones (excluding diaryl/α,β-unsaturated/α-hetero) is 1. The average Bonchev–Trinajstić information content (AvgIpc) is 2.14. The third-order valence-electron chi connectivity index (χ3n) is 2.19. The zero-order valence-corrected chi connectivity index (χ0v) is 11.5. The van der Waals surface area contributed by atoms with Gasteiger partial charge in [0.1, 0.15) is 17.6 Å². The summed E-state index contributed by atoms with van der Waals surface area (Å²) >= 11 is 0. The molecule has 0 heterocycles. The predicted octanol–water partition coefficient (Wildman–Crippen LogP) is 1.34. The minimum Gasteiger partial charge on any atom is -0.460 e. The van der Waals surface area contributed by atoms with Crippen LogP contribution in [0.5, 0.6) is 0 Å². The second-order valence-corrected chi connectivity index (χ2v) is 5.05. The minimum atomic E-state index is -1.11. The van der Waals surface area contributed by atoms with E-state index in [0.717, 1.165) is 0 Å². The Morgan fingerprint density at radius 1 is 1.06 bits per heavy atom. The number of carbonyl (C=O) groups excluding carboxylic acids is 2. The SMILES string of the molecule is COC[C@](C)(OC)C(=O)CC(=O)OC(C)(C)C. The van der Waals surface area contributed by atoms with E-state index in [9.17, 15) is 9.59 Å². The number of esters is 1. The molecular weight excluding hydrogens is 224 g/mol. The maximum absolute atomic E-state index is 11.9. The minimum absolute atomic E-state index is 0.102. The number of methoxy groups -OCH3 is 2. The lowest BCUT2D eigenvalue weighted by molar-refractivity contribution is -0.161. The van der Waals surface area contributed by atoms with Gasteiger partial charge in [-0.25, -0.2) is 0 Å². The number of ether oxygens (including phenoxy) is 3. The van der Waals surface area contributed by atoms with Crippen LogP contribution in [0.2, 0.25) is 0 Å².